The average molecular weight is 1540 g/mol. The van der Waals surface area contributed by atoms with Gasteiger partial charge in [-0.3, -0.25) is 52.9 Å². The third kappa shape index (κ3) is 18.4. The zero-order valence-electron chi connectivity index (χ0n) is 60.1. The first-order valence-electron chi connectivity index (χ1n) is 36.2. The largest absolute Gasteiger partial charge is 0.392 e. The number of benzene rings is 6. The van der Waals surface area contributed by atoms with E-state index in [1.54, 1.807) is 52.3 Å². The molecule has 8 N–H and O–H groups in total. The molecule has 570 valence electrons. The average Bonchev–Trinajstić information content (AvgIpc) is 1.58. The van der Waals surface area contributed by atoms with Gasteiger partial charge in [-0.05, 0) is 142 Å². The van der Waals surface area contributed by atoms with E-state index in [2.05, 4.69) is 36.9 Å². The summed E-state index contributed by atoms with van der Waals surface area (Å²) in [6.45, 7) is 16.4. The highest BCUT2D eigenvalue weighted by molar-refractivity contribution is 6.46. The van der Waals surface area contributed by atoms with Gasteiger partial charge in [0.25, 0.3) is 41.1 Å². The first-order chi connectivity index (χ1) is 51.7. The Morgan fingerprint density at radius 2 is 0.880 bits per heavy atom. The Hall–Kier alpha value is -9.19. The lowest BCUT2D eigenvalue weighted by Gasteiger charge is -2.40. The van der Waals surface area contributed by atoms with Gasteiger partial charge in [-0.15, -0.1) is 0 Å². The van der Waals surface area contributed by atoms with Crippen molar-refractivity contribution in [3.63, 3.8) is 0 Å². The zero-order valence-corrected chi connectivity index (χ0v) is 62.4. The first-order valence-corrected chi connectivity index (χ1v) is 37.3. The number of carbonyl (C=O) groups excluding carboxylic acids is 7. The number of hydrogen-bond acceptors (Lipinski definition) is 15. The number of nitrogen functional groups attached to an aromatic ring is 1. The maximum atomic E-state index is 13.6. The van der Waals surface area contributed by atoms with E-state index in [9.17, 15) is 56.9 Å². The standard InChI is InChI=1S/C27H29ClFN5O4.C27H28ClFN4O4.C21H21ClFN3O.C4H9NO/c1-16-12-31(13-17-2-4-18(29)5-3-17)8-9-33(16)26(37)21-10-20-22(15-34(30)24(20)11-23(21)28)25(36)27(38)32-7-6-19(35)14-32;1-16-13-31(14-17-2-4-18(29)5-3-17)8-9-33(16)26(36)21-10-20-22(12-30-24(20)11-23(21)28)25(35)27(37)32-7-6-19(34)15-32;1-14-12-25(13-15-2-4-17(23)5-3-15)8-9-26(14)21(27)18-10-16-6-7-24-20(16)11-19(18)22;6-4-1-2-5-3-4/h2-5,10-11,15-16,19,35H,6-9,12-14,30H2,1H3;2-5,10-12,16,19,30,34H,6-9,13-15H2,1H3;2-7,10-11,14,24H,8-9,12-13H2,1H3;4-6H,1-3H2/t2*16-,19+;14-;4-/m1110/s1. The number of β-amino-alcohol motifs (C(OH)–C–C–N with tert-alkyl or cyclic N) is 3. The molecule has 6 aromatic carbocycles. The summed E-state index contributed by atoms with van der Waals surface area (Å²) in [7, 11) is 0. The van der Waals surface area contributed by atoms with Crippen LogP contribution in [0, 0.1) is 17.5 Å². The molecule has 9 aromatic rings. The highest BCUT2D eigenvalue weighted by atomic mass is 35.5. The fourth-order valence-electron chi connectivity index (χ4n) is 14.8. The van der Waals surface area contributed by atoms with Crippen molar-refractivity contribution in [2.24, 2.45) is 0 Å². The molecule has 3 aromatic heterocycles. The van der Waals surface area contributed by atoms with Crippen LogP contribution >= 0.6 is 34.8 Å². The van der Waals surface area contributed by atoms with Gasteiger partial charge in [0.1, 0.15) is 17.5 Å². The van der Waals surface area contributed by atoms with E-state index in [1.807, 2.05) is 49.2 Å². The number of Topliss-reactive ketones (excluding diaryl/α,β-unsaturated/α-hetero) is 2. The Kier molecular flexibility index (Phi) is 25.1. The molecule has 5 amide bonds. The van der Waals surface area contributed by atoms with Gasteiger partial charge in [0.05, 0.1) is 66.7 Å². The number of likely N-dealkylation sites (tertiary alicyclic amines) is 2. The number of nitrogens with two attached hydrogens (primary N) is 1. The number of carbonyl (C=O) groups is 7. The molecule has 6 saturated heterocycles. The molecular weight excluding hydrogens is 1450 g/mol. The molecular formula is C79H87Cl3F3N13O10. The number of aromatic amines is 2. The van der Waals surface area contributed by atoms with Crippen molar-refractivity contribution in [3.8, 4) is 0 Å². The second-order valence-corrected chi connectivity index (χ2v) is 29.8. The van der Waals surface area contributed by atoms with Gasteiger partial charge in [-0.1, -0.05) is 71.2 Å². The quantitative estimate of drug-likeness (QED) is 0.0322. The molecule has 0 saturated carbocycles. The number of aliphatic hydroxyl groups excluding tert-OH is 3. The minimum Gasteiger partial charge on any atom is -0.392 e. The summed E-state index contributed by atoms with van der Waals surface area (Å²) in [5, 5.41) is 33.9. The number of H-pyrrole nitrogens is 2. The Morgan fingerprint density at radius 1 is 0.463 bits per heavy atom. The Morgan fingerprint density at radius 3 is 1.28 bits per heavy atom. The van der Waals surface area contributed by atoms with Crippen LogP contribution in [0.2, 0.25) is 15.1 Å². The molecule has 6 aliphatic rings. The third-order valence-electron chi connectivity index (χ3n) is 20.7. The number of halogens is 6. The molecule has 6 aliphatic heterocycles. The molecule has 6 atom stereocenters. The summed E-state index contributed by atoms with van der Waals surface area (Å²) < 4.78 is 40.7. The SMILES string of the molecule is C[C@@H]1CN(Cc2ccc(F)cc2)CCN1C(=O)c1cc2c(C(=O)C(=O)N3CC[C@H](O)C3)c[nH]c2cc1Cl.C[C@@H]1CN(Cc2ccc(F)cc2)CCN1C(=O)c1cc2c(C(=O)C(=O)N3CC[C@H](O)C3)cn(N)c2cc1Cl.C[C@@H]1CN(Cc2ccc(F)cc2)CCN1C(=O)c1cc2cc[nH]c2cc1Cl.O[C@H]1CCNC1. The third-order valence-corrected chi connectivity index (χ3v) is 21.7. The number of aromatic nitrogens is 3. The summed E-state index contributed by atoms with van der Waals surface area (Å²) in [6.07, 6.45) is 5.11. The van der Waals surface area contributed by atoms with Crippen LogP contribution < -0.4 is 11.2 Å². The van der Waals surface area contributed by atoms with Crippen molar-refractivity contribution in [1.82, 2.24) is 59.2 Å². The first kappa shape index (κ1) is 78.4. The summed E-state index contributed by atoms with van der Waals surface area (Å²) in [5.74, 6) is 1.90. The molecule has 6 fully saturated rings. The molecule has 0 bridgehead atoms. The number of nitrogens with one attached hydrogen (secondary N) is 3. The fourth-order valence-corrected chi connectivity index (χ4v) is 15.5. The molecule has 0 radical (unpaired) electrons. The molecule has 23 nitrogen and oxygen atoms in total. The highest BCUT2D eigenvalue weighted by Gasteiger charge is 2.37. The van der Waals surface area contributed by atoms with Gasteiger partial charge in [0, 0.05) is 175 Å². The van der Waals surface area contributed by atoms with E-state index in [-0.39, 0.29) is 105 Å². The Balaban J connectivity index is 0.000000147. The summed E-state index contributed by atoms with van der Waals surface area (Å²) in [4.78, 5) is 113. The van der Waals surface area contributed by atoms with Crippen molar-refractivity contribution in [1.29, 1.82) is 0 Å². The molecule has 0 aliphatic carbocycles. The Labute approximate surface area is 637 Å². The van der Waals surface area contributed by atoms with Crippen LogP contribution in [0.25, 0.3) is 32.7 Å². The van der Waals surface area contributed by atoms with Crippen LogP contribution in [-0.4, -0.2) is 245 Å². The van der Waals surface area contributed by atoms with Crippen LogP contribution in [0.5, 0.6) is 0 Å². The van der Waals surface area contributed by atoms with Crippen LogP contribution in [0.3, 0.4) is 0 Å². The van der Waals surface area contributed by atoms with Gasteiger partial charge in [0.15, 0.2) is 0 Å². The fraction of sp³-hybridized carbons (Fsp3) is 0.380. The monoisotopic (exact) mass is 1540 g/mol. The van der Waals surface area contributed by atoms with E-state index in [0.29, 0.717) is 117 Å². The Bertz CT molecular complexity index is 4790. The molecule has 29 heteroatoms. The van der Waals surface area contributed by atoms with Gasteiger partial charge < -0.3 is 60.9 Å². The van der Waals surface area contributed by atoms with Gasteiger partial charge in [0.2, 0.25) is 0 Å². The van der Waals surface area contributed by atoms with Crippen molar-refractivity contribution in [2.75, 3.05) is 104 Å². The van der Waals surface area contributed by atoms with E-state index in [0.717, 1.165) is 66.7 Å². The molecule has 108 heavy (non-hydrogen) atoms. The lowest BCUT2D eigenvalue weighted by atomic mass is 10.0. The van der Waals surface area contributed by atoms with Gasteiger partial charge in [-0.2, -0.15) is 0 Å². The maximum Gasteiger partial charge on any atom is 0.295 e. The van der Waals surface area contributed by atoms with Gasteiger partial charge in [-0.25, -0.2) is 13.2 Å². The number of rotatable bonds is 13. The molecule has 0 unspecified atom stereocenters. The van der Waals surface area contributed by atoms with Crippen LogP contribution in [0.15, 0.2) is 134 Å². The molecule has 0 spiro atoms. The highest BCUT2D eigenvalue weighted by Crippen LogP contribution is 2.33. The van der Waals surface area contributed by atoms with Crippen molar-refractivity contribution in [3.05, 3.63) is 211 Å². The minimum atomic E-state index is -0.753. The molecule has 9 heterocycles. The van der Waals surface area contributed by atoms with E-state index in [4.69, 9.17) is 45.8 Å². The smallest absolute Gasteiger partial charge is 0.295 e. The number of nitrogens with zero attached hydrogens (tertiary/aromatic N) is 9. The number of amides is 5. The number of hydrogen-bond donors (Lipinski definition) is 7. The van der Waals surface area contributed by atoms with Crippen LogP contribution in [-0.2, 0) is 29.2 Å². The van der Waals surface area contributed by atoms with Crippen molar-refractivity contribution < 1.29 is 62.1 Å². The maximum absolute atomic E-state index is 13.6. The normalized spacial score (nSPS) is 20.6. The van der Waals surface area contributed by atoms with Crippen molar-refractivity contribution in [2.45, 2.75) is 96.1 Å². The molecule has 15 rings (SSSR count). The van der Waals surface area contributed by atoms with Crippen molar-refractivity contribution >= 4 is 109 Å². The second-order valence-electron chi connectivity index (χ2n) is 28.6. The van der Waals surface area contributed by atoms with E-state index < -0.39 is 35.6 Å². The van der Waals surface area contributed by atoms with E-state index >= 15 is 0 Å². The predicted octanol–water partition coefficient (Wildman–Crippen LogP) is 9.00. The number of ketones is 2. The predicted molar refractivity (Wildman–Crippen MR) is 407 cm³/mol. The van der Waals surface area contributed by atoms with E-state index in [1.165, 1.54) is 75.4 Å². The lowest BCUT2D eigenvalue weighted by molar-refractivity contribution is -0.126. The second kappa shape index (κ2) is 34.6. The van der Waals surface area contributed by atoms with Gasteiger partial charge >= 0.3 is 0 Å². The zero-order chi connectivity index (χ0) is 76.8. The van der Waals surface area contributed by atoms with Crippen LogP contribution in [0.1, 0.15) is 109 Å². The summed E-state index contributed by atoms with van der Waals surface area (Å²) >= 11 is 19.4. The summed E-state index contributed by atoms with van der Waals surface area (Å²) in [5.41, 5.74) is 6.25. The lowest BCUT2D eigenvalue weighted by Crippen LogP contribution is -2.53. The summed E-state index contributed by atoms with van der Waals surface area (Å²) in [6, 6.07) is 31.1. The van der Waals surface area contributed by atoms with Crippen LogP contribution in [0.4, 0.5) is 13.2 Å². The number of aliphatic hydroxyl groups is 3. The topological polar surface area (TPSA) is 281 Å². The number of piperazine rings is 3. The number of fused-ring (bicyclic) bond motifs is 3. The minimum absolute atomic E-state index is 0.0305.